The predicted octanol–water partition coefficient (Wildman–Crippen LogP) is 4.04. The van der Waals surface area contributed by atoms with Crippen LogP contribution in [0.1, 0.15) is 74.3 Å². The summed E-state index contributed by atoms with van der Waals surface area (Å²) >= 11 is 6.00. The molecule has 2 atom stereocenters. The first-order valence-electron chi connectivity index (χ1n) is 12.2. The Morgan fingerprint density at radius 2 is 1.92 bits per heavy atom. The van der Waals surface area contributed by atoms with Gasteiger partial charge in [-0.2, -0.15) is 0 Å². The van der Waals surface area contributed by atoms with Crippen molar-refractivity contribution in [3.05, 3.63) is 40.6 Å². The SMILES string of the molecule is O=C(NC12CCC(c3nnc(C4CC(OC(F)(F)F)C4)o3)(CC1)OC2)[C@@H]1C[C@H](O)c2cc(Cl)ccc2O1. The molecule has 0 radical (unpaired) electrons. The second-order valence-electron chi connectivity index (χ2n) is 10.4. The van der Waals surface area contributed by atoms with E-state index in [-0.39, 0.29) is 37.7 Å². The number of carbonyl (C=O) groups is 1. The first kappa shape index (κ1) is 24.9. The Balaban J connectivity index is 1.06. The summed E-state index contributed by atoms with van der Waals surface area (Å²) < 4.78 is 59.0. The number of aliphatic hydroxyl groups is 1. The molecule has 2 bridgehead atoms. The zero-order valence-electron chi connectivity index (χ0n) is 19.6. The van der Waals surface area contributed by atoms with Crippen molar-refractivity contribution in [2.45, 2.75) is 86.7 Å². The summed E-state index contributed by atoms with van der Waals surface area (Å²) in [6.45, 7) is 0.239. The third-order valence-electron chi connectivity index (χ3n) is 7.93. The second-order valence-corrected chi connectivity index (χ2v) is 10.8. The molecule has 9 nitrogen and oxygen atoms in total. The van der Waals surface area contributed by atoms with Crippen molar-refractivity contribution in [1.82, 2.24) is 15.5 Å². The quantitative estimate of drug-likeness (QED) is 0.580. The van der Waals surface area contributed by atoms with Crippen LogP contribution < -0.4 is 10.1 Å². The number of rotatable bonds is 5. The van der Waals surface area contributed by atoms with E-state index in [1.54, 1.807) is 18.2 Å². The zero-order chi connectivity index (χ0) is 26.0. The molecule has 2 saturated heterocycles. The minimum atomic E-state index is -4.66. The predicted molar refractivity (Wildman–Crippen MR) is 120 cm³/mol. The van der Waals surface area contributed by atoms with E-state index < -0.39 is 35.8 Å². The largest absolute Gasteiger partial charge is 0.522 e. The Morgan fingerprint density at radius 3 is 2.59 bits per heavy atom. The summed E-state index contributed by atoms with van der Waals surface area (Å²) in [5.41, 5.74) is -0.798. The van der Waals surface area contributed by atoms with Gasteiger partial charge in [0, 0.05) is 22.9 Å². The van der Waals surface area contributed by atoms with Crippen LogP contribution >= 0.6 is 11.6 Å². The summed E-state index contributed by atoms with van der Waals surface area (Å²) in [6, 6.07) is 4.92. The van der Waals surface area contributed by atoms with Crippen LogP contribution in [0.25, 0.3) is 0 Å². The molecule has 7 rings (SSSR count). The standard InChI is InChI=1S/C24H25ClF3N3O6/c25-13-1-2-17-15(9-13)16(32)10-18(35-17)19(33)29-22-3-5-23(6-4-22,34-11-22)21-31-30-20(36-21)12-7-14(8-12)37-24(26,27)28/h1-2,9,12,14,16,18,32H,3-8,10-11H2,(H,29,33)/t12?,14?,16-,18-,22?,23?/m0/s1. The molecule has 4 heterocycles. The van der Waals surface area contributed by atoms with Gasteiger partial charge in [0.2, 0.25) is 11.8 Å². The molecule has 0 spiro atoms. The van der Waals surface area contributed by atoms with Crippen molar-refractivity contribution in [1.29, 1.82) is 0 Å². The maximum absolute atomic E-state index is 13.1. The summed E-state index contributed by atoms with van der Waals surface area (Å²) in [7, 11) is 0. The third kappa shape index (κ3) is 4.68. The molecule has 2 N–H and O–H groups in total. The number of ether oxygens (including phenoxy) is 3. The molecule has 1 aromatic heterocycles. The van der Waals surface area contributed by atoms with Crippen molar-refractivity contribution in [3.63, 3.8) is 0 Å². The minimum absolute atomic E-state index is 0.112. The fourth-order valence-electron chi connectivity index (χ4n) is 5.69. The smallest absolute Gasteiger partial charge is 0.480 e. The van der Waals surface area contributed by atoms with Crippen molar-refractivity contribution < 1.29 is 41.7 Å². The molecule has 5 aliphatic rings. The number of nitrogens with zero attached hydrogens (tertiary/aromatic N) is 2. The fourth-order valence-corrected chi connectivity index (χ4v) is 5.87. The van der Waals surface area contributed by atoms with Gasteiger partial charge >= 0.3 is 6.36 Å². The average Bonchev–Trinajstić information content (AvgIpc) is 3.32. The van der Waals surface area contributed by atoms with Gasteiger partial charge in [-0.3, -0.25) is 9.53 Å². The van der Waals surface area contributed by atoms with Gasteiger partial charge < -0.3 is 24.3 Å². The van der Waals surface area contributed by atoms with Gasteiger partial charge in [-0.1, -0.05) is 11.6 Å². The van der Waals surface area contributed by atoms with E-state index in [4.69, 9.17) is 25.5 Å². The van der Waals surface area contributed by atoms with Gasteiger partial charge in [0.25, 0.3) is 5.91 Å². The van der Waals surface area contributed by atoms with Crippen LogP contribution in [-0.4, -0.2) is 51.9 Å². The Hall–Kier alpha value is -2.41. The summed E-state index contributed by atoms with van der Waals surface area (Å²) in [4.78, 5) is 13.1. The molecule has 1 aromatic carbocycles. The molecule has 2 saturated carbocycles. The number of aliphatic hydroxyl groups excluding tert-OH is 1. The number of amides is 1. The zero-order valence-corrected chi connectivity index (χ0v) is 20.3. The van der Waals surface area contributed by atoms with Gasteiger partial charge in [-0.05, 0) is 56.7 Å². The molecule has 13 heteroatoms. The molecule has 2 aromatic rings. The molecular formula is C24H25ClF3N3O6. The third-order valence-corrected chi connectivity index (χ3v) is 8.17. The fraction of sp³-hybridized carbons (Fsp3) is 0.625. The molecule has 1 amide bonds. The lowest BCUT2D eigenvalue weighted by molar-refractivity contribution is -0.352. The monoisotopic (exact) mass is 543 g/mol. The topological polar surface area (TPSA) is 116 Å². The van der Waals surface area contributed by atoms with E-state index in [2.05, 4.69) is 20.3 Å². The Bertz CT molecular complexity index is 1180. The highest BCUT2D eigenvalue weighted by molar-refractivity contribution is 6.30. The van der Waals surface area contributed by atoms with Gasteiger partial charge in [0.1, 0.15) is 11.4 Å². The van der Waals surface area contributed by atoms with Crippen LogP contribution in [0.3, 0.4) is 0 Å². The van der Waals surface area contributed by atoms with E-state index in [0.717, 1.165) is 0 Å². The van der Waals surface area contributed by atoms with Gasteiger partial charge in [-0.15, -0.1) is 23.4 Å². The van der Waals surface area contributed by atoms with E-state index in [9.17, 15) is 23.1 Å². The Kier molecular flexibility index (Phi) is 5.94. The maximum atomic E-state index is 13.1. The molecule has 200 valence electrons. The normalized spacial score (nSPS) is 34.8. The van der Waals surface area contributed by atoms with Gasteiger partial charge in [0.15, 0.2) is 6.10 Å². The first-order chi connectivity index (χ1) is 17.5. The van der Waals surface area contributed by atoms with E-state index in [0.29, 0.717) is 53.8 Å². The lowest BCUT2D eigenvalue weighted by atomic mass is 9.71. The van der Waals surface area contributed by atoms with E-state index in [1.165, 1.54) is 0 Å². The van der Waals surface area contributed by atoms with Crippen molar-refractivity contribution in [2.75, 3.05) is 6.61 Å². The molecule has 2 aliphatic carbocycles. The number of hydrogen-bond donors (Lipinski definition) is 2. The highest BCUT2D eigenvalue weighted by atomic mass is 35.5. The van der Waals surface area contributed by atoms with Crippen LogP contribution in [-0.2, 0) is 19.9 Å². The lowest BCUT2D eigenvalue weighted by Gasteiger charge is -2.51. The summed E-state index contributed by atoms with van der Waals surface area (Å²) in [5, 5.41) is 22.3. The van der Waals surface area contributed by atoms with Crippen molar-refractivity contribution in [2.24, 2.45) is 0 Å². The minimum Gasteiger partial charge on any atom is -0.480 e. The number of halogens is 4. The van der Waals surface area contributed by atoms with Crippen LogP contribution in [0.15, 0.2) is 22.6 Å². The summed E-state index contributed by atoms with van der Waals surface area (Å²) in [5.74, 6) is 0.441. The molecular weight excluding hydrogens is 519 g/mol. The van der Waals surface area contributed by atoms with Gasteiger partial charge in [-0.25, -0.2) is 0 Å². The van der Waals surface area contributed by atoms with Crippen molar-refractivity contribution >= 4 is 17.5 Å². The first-order valence-corrected chi connectivity index (χ1v) is 12.6. The average molecular weight is 544 g/mol. The van der Waals surface area contributed by atoms with E-state index in [1.807, 2.05) is 0 Å². The number of carbonyl (C=O) groups excluding carboxylic acids is 1. The second kappa shape index (κ2) is 8.82. The number of fused-ring (bicyclic) bond motifs is 4. The summed E-state index contributed by atoms with van der Waals surface area (Å²) in [6.07, 6.45) is -4.53. The van der Waals surface area contributed by atoms with Crippen LogP contribution in [0.4, 0.5) is 13.2 Å². The van der Waals surface area contributed by atoms with Crippen LogP contribution in [0, 0.1) is 0 Å². The van der Waals surface area contributed by atoms with Crippen LogP contribution in [0.2, 0.25) is 5.02 Å². The molecule has 4 fully saturated rings. The molecule has 37 heavy (non-hydrogen) atoms. The van der Waals surface area contributed by atoms with E-state index >= 15 is 0 Å². The number of nitrogens with one attached hydrogen (secondary N) is 1. The maximum Gasteiger partial charge on any atom is 0.522 e. The van der Waals surface area contributed by atoms with Crippen LogP contribution in [0.5, 0.6) is 5.75 Å². The number of benzene rings is 1. The highest BCUT2D eigenvalue weighted by Gasteiger charge is 2.55. The molecule has 3 aliphatic heterocycles. The lowest BCUT2D eigenvalue weighted by Crippen LogP contribution is -2.63. The number of alkyl halides is 3. The number of aromatic nitrogens is 2. The number of hydrogen-bond acceptors (Lipinski definition) is 8. The highest BCUT2D eigenvalue weighted by Crippen LogP contribution is 2.50. The Morgan fingerprint density at radius 1 is 1.16 bits per heavy atom. The van der Waals surface area contributed by atoms with Gasteiger partial charge in [0.05, 0.1) is 24.4 Å². The Labute approximate surface area is 214 Å². The van der Waals surface area contributed by atoms with Crippen molar-refractivity contribution in [3.8, 4) is 5.75 Å². The molecule has 0 unspecified atom stereocenters.